The van der Waals surface area contributed by atoms with Gasteiger partial charge >= 0.3 is 0 Å². The van der Waals surface area contributed by atoms with Crippen molar-refractivity contribution in [2.75, 3.05) is 5.32 Å². The molecule has 0 fully saturated rings. The number of rotatable bonds is 4. The fourth-order valence-corrected chi connectivity index (χ4v) is 4.09. The van der Waals surface area contributed by atoms with Gasteiger partial charge in [-0.25, -0.2) is 4.98 Å². The molecule has 4 rings (SSSR count). The van der Waals surface area contributed by atoms with E-state index in [1.54, 1.807) is 35.6 Å². The van der Waals surface area contributed by atoms with Crippen molar-refractivity contribution in [2.24, 2.45) is 0 Å². The van der Waals surface area contributed by atoms with Crippen molar-refractivity contribution < 1.29 is 4.79 Å². The molecule has 0 spiro atoms. The van der Waals surface area contributed by atoms with E-state index in [9.17, 15) is 4.79 Å². The van der Waals surface area contributed by atoms with Crippen LogP contribution in [0.25, 0.3) is 21.8 Å². The second kappa shape index (κ2) is 7.97. The number of halogens is 1. The standard InChI is InChI=1S/C23H17ClN2OS/c1-15-21(26-23(28-15)17-7-3-2-4-8-17)16-11-13-18(14-12-16)25-22(27)19-9-5-6-10-20(19)24/h2-14H,1H3,(H,25,27). The number of thiazole rings is 1. The van der Waals surface area contributed by atoms with Crippen molar-refractivity contribution in [3.63, 3.8) is 0 Å². The van der Waals surface area contributed by atoms with E-state index in [1.807, 2.05) is 42.5 Å². The summed E-state index contributed by atoms with van der Waals surface area (Å²) in [5.41, 5.74) is 4.27. The first-order valence-corrected chi connectivity index (χ1v) is 10.0. The van der Waals surface area contributed by atoms with Gasteiger partial charge in [-0.1, -0.05) is 66.2 Å². The molecule has 5 heteroatoms. The number of carbonyl (C=O) groups excluding carboxylic acids is 1. The third-order valence-corrected chi connectivity index (χ3v) is 5.70. The Labute approximate surface area is 172 Å². The molecule has 1 aromatic heterocycles. The highest BCUT2D eigenvalue weighted by Gasteiger charge is 2.13. The molecule has 4 aromatic rings. The minimum atomic E-state index is -0.227. The van der Waals surface area contributed by atoms with Crippen molar-refractivity contribution in [1.82, 2.24) is 4.98 Å². The van der Waals surface area contributed by atoms with Gasteiger partial charge in [-0.2, -0.15) is 0 Å². The van der Waals surface area contributed by atoms with Gasteiger partial charge in [0.05, 0.1) is 16.3 Å². The Morgan fingerprint density at radius 2 is 1.57 bits per heavy atom. The quantitative estimate of drug-likeness (QED) is 0.411. The molecule has 1 N–H and O–H groups in total. The number of nitrogens with one attached hydrogen (secondary N) is 1. The molecule has 3 nitrogen and oxygen atoms in total. The topological polar surface area (TPSA) is 42.0 Å². The van der Waals surface area contributed by atoms with Crippen LogP contribution in [0.2, 0.25) is 5.02 Å². The summed E-state index contributed by atoms with van der Waals surface area (Å²) in [6.07, 6.45) is 0. The molecule has 138 valence electrons. The maximum absolute atomic E-state index is 12.4. The minimum absolute atomic E-state index is 0.227. The van der Waals surface area contributed by atoms with E-state index in [2.05, 4.69) is 24.4 Å². The number of aryl methyl sites for hydroxylation is 1. The molecule has 1 amide bonds. The van der Waals surface area contributed by atoms with Crippen molar-refractivity contribution in [1.29, 1.82) is 0 Å². The number of carbonyl (C=O) groups is 1. The number of hydrogen-bond acceptors (Lipinski definition) is 3. The molecule has 0 atom stereocenters. The molecule has 0 saturated carbocycles. The number of amides is 1. The minimum Gasteiger partial charge on any atom is -0.322 e. The molecule has 28 heavy (non-hydrogen) atoms. The van der Waals surface area contributed by atoms with E-state index in [4.69, 9.17) is 16.6 Å². The third kappa shape index (κ3) is 3.84. The van der Waals surface area contributed by atoms with Crippen LogP contribution in [0, 0.1) is 6.92 Å². The Bertz CT molecular complexity index is 1120. The predicted molar refractivity (Wildman–Crippen MR) is 117 cm³/mol. The Kier molecular flexibility index (Phi) is 5.24. The fraction of sp³-hybridized carbons (Fsp3) is 0.0435. The van der Waals surface area contributed by atoms with E-state index in [-0.39, 0.29) is 5.91 Å². The lowest BCUT2D eigenvalue weighted by molar-refractivity contribution is 0.102. The van der Waals surface area contributed by atoms with Gasteiger partial charge in [0, 0.05) is 21.7 Å². The number of anilines is 1. The Morgan fingerprint density at radius 3 is 2.29 bits per heavy atom. The largest absolute Gasteiger partial charge is 0.322 e. The van der Waals surface area contributed by atoms with Gasteiger partial charge in [-0.3, -0.25) is 4.79 Å². The molecular formula is C23H17ClN2OS. The first-order chi connectivity index (χ1) is 13.6. The average Bonchev–Trinajstić information content (AvgIpc) is 3.11. The molecule has 0 saturated heterocycles. The molecular weight excluding hydrogens is 388 g/mol. The normalized spacial score (nSPS) is 10.6. The van der Waals surface area contributed by atoms with Crippen molar-refractivity contribution >= 4 is 34.5 Å². The third-order valence-electron chi connectivity index (χ3n) is 4.35. The molecule has 0 aliphatic rings. The maximum Gasteiger partial charge on any atom is 0.257 e. The van der Waals surface area contributed by atoms with Gasteiger partial charge < -0.3 is 5.32 Å². The molecule has 0 aliphatic heterocycles. The van der Waals surface area contributed by atoms with Crippen LogP contribution in [0.4, 0.5) is 5.69 Å². The van der Waals surface area contributed by atoms with Crippen LogP contribution in [0.15, 0.2) is 78.9 Å². The van der Waals surface area contributed by atoms with Crippen LogP contribution in [0.1, 0.15) is 15.2 Å². The van der Waals surface area contributed by atoms with Crippen LogP contribution < -0.4 is 5.32 Å². The lowest BCUT2D eigenvalue weighted by atomic mass is 10.1. The highest BCUT2D eigenvalue weighted by atomic mass is 35.5. The van der Waals surface area contributed by atoms with Gasteiger partial charge in [-0.15, -0.1) is 11.3 Å². The zero-order valence-corrected chi connectivity index (χ0v) is 16.7. The first kappa shape index (κ1) is 18.4. The summed E-state index contributed by atoms with van der Waals surface area (Å²) >= 11 is 7.77. The monoisotopic (exact) mass is 404 g/mol. The summed E-state index contributed by atoms with van der Waals surface area (Å²) in [6.45, 7) is 2.08. The van der Waals surface area contributed by atoms with Gasteiger partial charge in [0.25, 0.3) is 5.91 Å². The van der Waals surface area contributed by atoms with Crippen LogP contribution in [0.3, 0.4) is 0 Å². The number of nitrogens with zero attached hydrogens (tertiary/aromatic N) is 1. The zero-order chi connectivity index (χ0) is 19.5. The van der Waals surface area contributed by atoms with Crippen LogP contribution >= 0.6 is 22.9 Å². The smallest absolute Gasteiger partial charge is 0.257 e. The van der Waals surface area contributed by atoms with Crippen LogP contribution in [0.5, 0.6) is 0 Å². The van der Waals surface area contributed by atoms with Crippen molar-refractivity contribution in [3.05, 3.63) is 94.3 Å². The summed E-state index contributed by atoms with van der Waals surface area (Å²) in [5, 5.41) is 4.32. The van der Waals surface area contributed by atoms with E-state index in [0.717, 1.165) is 26.7 Å². The molecule has 0 bridgehead atoms. The Morgan fingerprint density at radius 1 is 0.893 bits per heavy atom. The molecule has 0 aliphatic carbocycles. The Hall–Kier alpha value is -2.95. The Balaban J connectivity index is 1.55. The van der Waals surface area contributed by atoms with E-state index in [0.29, 0.717) is 16.3 Å². The van der Waals surface area contributed by atoms with E-state index in [1.165, 1.54) is 0 Å². The molecule has 1 heterocycles. The van der Waals surface area contributed by atoms with Crippen LogP contribution in [-0.4, -0.2) is 10.9 Å². The summed E-state index contributed by atoms with van der Waals surface area (Å²) < 4.78 is 0. The highest BCUT2D eigenvalue weighted by Crippen LogP contribution is 2.33. The van der Waals surface area contributed by atoms with E-state index >= 15 is 0 Å². The lowest BCUT2D eigenvalue weighted by Gasteiger charge is -2.07. The van der Waals surface area contributed by atoms with Gasteiger partial charge in [0.15, 0.2) is 0 Å². The summed E-state index contributed by atoms with van der Waals surface area (Å²) in [6, 6.07) is 24.9. The summed E-state index contributed by atoms with van der Waals surface area (Å²) in [7, 11) is 0. The molecule has 3 aromatic carbocycles. The molecule has 0 unspecified atom stereocenters. The first-order valence-electron chi connectivity index (χ1n) is 8.81. The van der Waals surface area contributed by atoms with Gasteiger partial charge in [0.2, 0.25) is 0 Å². The lowest BCUT2D eigenvalue weighted by Crippen LogP contribution is -2.12. The summed E-state index contributed by atoms with van der Waals surface area (Å²) in [4.78, 5) is 18.4. The molecule has 0 radical (unpaired) electrons. The van der Waals surface area contributed by atoms with Gasteiger partial charge in [-0.05, 0) is 31.2 Å². The van der Waals surface area contributed by atoms with Crippen molar-refractivity contribution in [3.8, 4) is 21.8 Å². The predicted octanol–water partition coefficient (Wildman–Crippen LogP) is 6.69. The SMILES string of the molecule is Cc1sc(-c2ccccc2)nc1-c1ccc(NC(=O)c2ccccc2Cl)cc1. The fourth-order valence-electron chi connectivity index (χ4n) is 2.92. The second-order valence-corrected chi connectivity index (χ2v) is 7.91. The average molecular weight is 405 g/mol. The summed E-state index contributed by atoms with van der Waals surface area (Å²) in [5.74, 6) is -0.227. The second-order valence-electron chi connectivity index (χ2n) is 6.30. The zero-order valence-electron chi connectivity index (χ0n) is 15.1. The van der Waals surface area contributed by atoms with Crippen molar-refractivity contribution in [2.45, 2.75) is 6.92 Å². The number of aromatic nitrogens is 1. The maximum atomic E-state index is 12.4. The number of benzene rings is 3. The highest BCUT2D eigenvalue weighted by molar-refractivity contribution is 7.15. The van der Waals surface area contributed by atoms with Crippen LogP contribution in [-0.2, 0) is 0 Å². The number of hydrogen-bond donors (Lipinski definition) is 1. The van der Waals surface area contributed by atoms with Gasteiger partial charge in [0.1, 0.15) is 5.01 Å². The van der Waals surface area contributed by atoms with E-state index < -0.39 is 0 Å².